The van der Waals surface area contributed by atoms with Gasteiger partial charge in [-0.1, -0.05) is 45.8 Å². The van der Waals surface area contributed by atoms with Crippen LogP contribution in [0.5, 0.6) is 0 Å². The molecular formula is C18H27NO. The highest BCUT2D eigenvalue weighted by atomic mass is 16.4. The lowest BCUT2D eigenvalue weighted by Gasteiger charge is -2.35. The predicted octanol–water partition coefficient (Wildman–Crippen LogP) is 4.71. The van der Waals surface area contributed by atoms with E-state index in [-0.39, 0.29) is 10.8 Å². The van der Waals surface area contributed by atoms with Crippen LogP contribution in [0.1, 0.15) is 68.9 Å². The fraction of sp³-hybridized carbons (Fsp3) is 0.611. The molecule has 0 saturated heterocycles. The van der Waals surface area contributed by atoms with Crippen molar-refractivity contribution in [1.29, 1.82) is 0 Å². The second-order valence-electron chi connectivity index (χ2n) is 7.11. The van der Waals surface area contributed by atoms with Crippen LogP contribution < -0.4 is 0 Å². The molecule has 1 aliphatic rings. The molecule has 0 aliphatic heterocycles. The second-order valence-corrected chi connectivity index (χ2v) is 7.11. The molecule has 1 aromatic carbocycles. The predicted molar refractivity (Wildman–Crippen MR) is 85.1 cm³/mol. The fourth-order valence-corrected chi connectivity index (χ4v) is 4.23. The minimum Gasteiger partial charge on any atom is -0.411 e. The van der Waals surface area contributed by atoms with Gasteiger partial charge in [-0.3, -0.25) is 0 Å². The zero-order chi connectivity index (χ0) is 15.3. The van der Waals surface area contributed by atoms with Gasteiger partial charge >= 0.3 is 0 Å². The molecule has 0 bridgehead atoms. The number of fused-ring (bicyclic) bond motifs is 1. The van der Waals surface area contributed by atoms with Crippen molar-refractivity contribution in [2.24, 2.45) is 11.1 Å². The Hall–Kier alpha value is -1.31. The van der Waals surface area contributed by atoms with Crippen molar-refractivity contribution in [3.8, 4) is 0 Å². The summed E-state index contributed by atoms with van der Waals surface area (Å²) in [6.07, 6.45) is 2.71. The first kappa shape index (κ1) is 15.1. The smallest absolute Gasteiger partial charge is 0.0739 e. The van der Waals surface area contributed by atoms with E-state index in [1.807, 2.05) is 0 Å². The monoisotopic (exact) mass is 273 g/mol. The lowest BCUT2D eigenvalue weighted by Crippen LogP contribution is -2.33. The molecule has 2 heteroatoms. The number of aryl methyl sites for hydroxylation is 1. The fourth-order valence-electron chi connectivity index (χ4n) is 4.23. The number of benzene rings is 1. The van der Waals surface area contributed by atoms with Crippen LogP contribution in [0.2, 0.25) is 0 Å². The van der Waals surface area contributed by atoms with Crippen LogP contribution in [0.3, 0.4) is 0 Å². The van der Waals surface area contributed by atoms with Gasteiger partial charge in [0.05, 0.1) is 6.21 Å². The summed E-state index contributed by atoms with van der Waals surface area (Å²) < 4.78 is 0. The van der Waals surface area contributed by atoms with Crippen molar-refractivity contribution in [2.75, 3.05) is 0 Å². The van der Waals surface area contributed by atoms with Gasteiger partial charge in [0.25, 0.3) is 0 Å². The van der Waals surface area contributed by atoms with Gasteiger partial charge in [0.2, 0.25) is 0 Å². The Morgan fingerprint density at radius 2 is 1.90 bits per heavy atom. The molecule has 0 heterocycles. The molecular weight excluding hydrogens is 246 g/mol. The Kier molecular flexibility index (Phi) is 3.48. The Morgan fingerprint density at radius 3 is 2.40 bits per heavy atom. The van der Waals surface area contributed by atoms with Crippen LogP contribution in [0.15, 0.2) is 11.2 Å². The molecule has 20 heavy (non-hydrogen) atoms. The van der Waals surface area contributed by atoms with E-state index in [9.17, 15) is 0 Å². The Balaban J connectivity index is 2.86. The van der Waals surface area contributed by atoms with Gasteiger partial charge in [0.1, 0.15) is 0 Å². The van der Waals surface area contributed by atoms with Gasteiger partial charge in [-0.25, -0.2) is 0 Å². The van der Waals surface area contributed by atoms with E-state index in [0.717, 1.165) is 12.0 Å². The highest BCUT2D eigenvalue weighted by Gasteiger charge is 2.51. The van der Waals surface area contributed by atoms with Crippen LogP contribution >= 0.6 is 0 Å². The molecule has 0 aromatic heterocycles. The van der Waals surface area contributed by atoms with Gasteiger partial charge < -0.3 is 5.21 Å². The first-order valence-corrected chi connectivity index (χ1v) is 7.54. The maximum absolute atomic E-state index is 8.93. The van der Waals surface area contributed by atoms with Gasteiger partial charge in [-0.05, 0) is 59.3 Å². The minimum atomic E-state index is 0.185. The molecule has 1 N–H and O–H groups in total. The van der Waals surface area contributed by atoms with Crippen molar-refractivity contribution >= 4 is 6.21 Å². The summed E-state index contributed by atoms with van der Waals surface area (Å²) in [5.74, 6) is 0.592. The lowest BCUT2D eigenvalue weighted by atomic mass is 9.68. The van der Waals surface area contributed by atoms with Crippen molar-refractivity contribution in [1.82, 2.24) is 0 Å². The highest BCUT2D eigenvalue weighted by molar-refractivity contribution is 5.85. The first-order chi connectivity index (χ1) is 9.21. The average Bonchev–Trinajstić information content (AvgIpc) is 2.54. The minimum absolute atomic E-state index is 0.185. The summed E-state index contributed by atoms with van der Waals surface area (Å²) in [5, 5.41) is 12.2. The summed E-state index contributed by atoms with van der Waals surface area (Å²) in [6.45, 7) is 16.0. The largest absolute Gasteiger partial charge is 0.411 e. The third-order valence-corrected chi connectivity index (χ3v) is 6.06. The van der Waals surface area contributed by atoms with Crippen LogP contribution in [0, 0.1) is 19.8 Å². The molecule has 0 amide bonds. The van der Waals surface area contributed by atoms with Crippen molar-refractivity contribution in [3.63, 3.8) is 0 Å². The number of hydrogen-bond donors (Lipinski definition) is 1. The molecule has 110 valence electrons. The van der Waals surface area contributed by atoms with Crippen LogP contribution in [-0.4, -0.2) is 11.4 Å². The molecule has 0 saturated carbocycles. The van der Waals surface area contributed by atoms with E-state index < -0.39 is 0 Å². The highest BCUT2D eigenvalue weighted by Crippen LogP contribution is 2.56. The van der Waals surface area contributed by atoms with E-state index >= 15 is 0 Å². The molecule has 2 atom stereocenters. The summed E-state index contributed by atoms with van der Waals surface area (Å²) in [7, 11) is 0. The number of nitrogens with zero attached hydrogens (tertiary/aromatic N) is 1. The maximum atomic E-state index is 8.93. The lowest BCUT2D eigenvalue weighted by molar-refractivity contribution is 0.239. The van der Waals surface area contributed by atoms with Gasteiger partial charge in [0, 0.05) is 5.56 Å². The van der Waals surface area contributed by atoms with E-state index in [0.29, 0.717) is 5.92 Å². The van der Waals surface area contributed by atoms with Crippen LogP contribution in [0.4, 0.5) is 0 Å². The van der Waals surface area contributed by atoms with Gasteiger partial charge in [-0.15, -0.1) is 0 Å². The standard InChI is InChI=1S/C18H27NO/c1-8-18(7)13(4)17(5,6)15-9-11(2)14(10-19-20)12(3)16(15)18/h9-10,13,20H,8H2,1-7H3/t13-,18+/m0/s1. The molecule has 1 aromatic rings. The van der Waals surface area contributed by atoms with Gasteiger partial charge in [0.15, 0.2) is 0 Å². The quantitative estimate of drug-likeness (QED) is 0.472. The van der Waals surface area contributed by atoms with E-state index in [4.69, 9.17) is 5.21 Å². The Bertz CT molecular complexity index is 571. The van der Waals surface area contributed by atoms with E-state index in [2.05, 4.69) is 59.7 Å². The maximum Gasteiger partial charge on any atom is 0.0739 e. The molecule has 0 unspecified atom stereocenters. The Morgan fingerprint density at radius 1 is 1.30 bits per heavy atom. The molecule has 2 nitrogen and oxygen atoms in total. The number of hydrogen-bond acceptors (Lipinski definition) is 2. The molecule has 1 aliphatic carbocycles. The topological polar surface area (TPSA) is 32.6 Å². The zero-order valence-corrected chi connectivity index (χ0v) is 13.8. The SMILES string of the molecule is CC[C@@]1(C)c2c(cc(C)c(C=NO)c2C)C(C)(C)[C@@H]1C. The Labute approximate surface area is 122 Å². The zero-order valence-electron chi connectivity index (χ0n) is 13.8. The number of oxime groups is 1. The second kappa shape index (κ2) is 4.61. The third kappa shape index (κ3) is 1.73. The molecule has 0 fully saturated rings. The normalized spacial score (nSPS) is 28.1. The third-order valence-electron chi connectivity index (χ3n) is 6.06. The first-order valence-electron chi connectivity index (χ1n) is 7.54. The summed E-state index contributed by atoms with van der Waals surface area (Å²) >= 11 is 0. The van der Waals surface area contributed by atoms with Crippen molar-refractivity contribution in [3.05, 3.63) is 33.9 Å². The van der Waals surface area contributed by atoms with E-state index in [1.54, 1.807) is 6.21 Å². The molecule has 2 rings (SSSR count). The summed E-state index contributed by atoms with van der Waals surface area (Å²) in [4.78, 5) is 0. The van der Waals surface area contributed by atoms with Crippen molar-refractivity contribution in [2.45, 2.75) is 65.7 Å². The van der Waals surface area contributed by atoms with E-state index in [1.165, 1.54) is 22.3 Å². The number of rotatable bonds is 2. The van der Waals surface area contributed by atoms with Crippen LogP contribution in [0.25, 0.3) is 0 Å². The van der Waals surface area contributed by atoms with Crippen LogP contribution in [-0.2, 0) is 10.8 Å². The van der Waals surface area contributed by atoms with Crippen molar-refractivity contribution < 1.29 is 5.21 Å². The summed E-state index contributed by atoms with van der Waals surface area (Å²) in [6, 6.07) is 2.30. The molecule has 0 spiro atoms. The van der Waals surface area contributed by atoms with Gasteiger partial charge in [-0.2, -0.15) is 0 Å². The molecule has 0 radical (unpaired) electrons. The average molecular weight is 273 g/mol. The summed E-state index contributed by atoms with van der Waals surface area (Å²) in [5.41, 5.74) is 6.85.